The topological polar surface area (TPSA) is 90.4 Å². The Morgan fingerprint density at radius 3 is 2.52 bits per heavy atom. The summed E-state index contributed by atoms with van der Waals surface area (Å²) < 4.78 is 10.1. The van der Waals surface area contributed by atoms with Crippen LogP contribution in [0.3, 0.4) is 0 Å². The highest BCUT2D eigenvalue weighted by molar-refractivity contribution is 5.85. The largest absolute Gasteiger partial charge is 0.444 e. The molecule has 0 aromatic carbocycles. The summed E-state index contributed by atoms with van der Waals surface area (Å²) in [6.45, 7) is 6.52. The van der Waals surface area contributed by atoms with Crippen molar-refractivity contribution in [3.63, 3.8) is 0 Å². The van der Waals surface area contributed by atoms with Crippen molar-refractivity contribution >= 4 is 17.9 Å². The molecule has 1 saturated carbocycles. The highest BCUT2D eigenvalue weighted by Crippen LogP contribution is 2.39. The lowest BCUT2D eigenvalue weighted by Gasteiger charge is -2.19. The maximum Gasteiger partial charge on any atom is 0.413 e. The van der Waals surface area contributed by atoms with Crippen LogP contribution in [0.1, 0.15) is 52.1 Å². The predicted molar refractivity (Wildman–Crippen MR) is 75.2 cm³/mol. The second-order valence-corrected chi connectivity index (χ2v) is 5.94. The van der Waals surface area contributed by atoms with E-state index < -0.39 is 17.7 Å². The van der Waals surface area contributed by atoms with Crippen molar-refractivity contribution in [2.45, 2.75) is 52.1 Å². The molecule has 7 heteroatoms. The number of aromatic nitrogens is 2. The molecule has 0 saturated heterocycles. The summed E-state index contributed by atoms with van der Waals surface area (Å²) in [5.74, 6) is -0.0894. The van der Waals surface area contributed by atoms with Crippen molar-refractivity contribution in [3.8, 4) is 5.88 Å². The molecule has 0 bridgehead atoms. The van der Waals surface area contributed by atoms with Crippen molar-refractivity contribution in [2.24, 2.45) is 0 Å². The van der Waals surface area contributed by atoms with Gasteiger partial charge in [0, 0.05) is 12.8 Å². The number of amides is 1. The van der Waals surface area contributed by atoms with Gasteiger partial charge >= 0.3 is 12.1 Å². The average Bonchev–Trinajstić information content (AvgIpc) is 3.12. The van der Waals surface area contributed by atoms with Crippen LogP contribution in [-0.4, -0.2) is 27.6 Å². The highest BCUT2D eigenvalue weighted by atomic mass is 16.6. The van der Waals surface area contributed by atoms with E-state index in [1.165, 1.54) is 6.92 Å². The smallest absolute Gasteiger partial charge is 0.413 e. The number of carbonyl (C=O) groups is 2. The van der Waals surface area contributed by atoms with Crippen LogP contribution in [-0.2, 0) is 9.53 Å². The van der Waals surface area contributed by atoms with Crippen LogP contribution in [0.15, 0.2) is 6.20 Å². The molecule has 1 aliphatic carbocycles. The number of hydrogen-bond acceptors (Lipinski definition) is 6. The Kier molecular flexibility index (Phi) is 4.11. The Morgan fingerprint density at radius 2 is 2.00 bits per heavy atom. The lowest BCUT2D eigenvalue weighted by Crippen LogP contribution is -2.28. The number of hydrogen-bond donors (Lipinski definition) is 1. The Bertz CT molecular complexity index is 562. The summed E-state index contributed by atoms with van der Waals surface area (Å²) in [5.41, 5.74) is 0.133. The van der Waals surface area contributed by atoms with Crippen molar-refractivity contribution in [1.82, 2.24) is 9.97 Å². The van der Waals surface area contributed by atoms with Gasteiger partial charge in [0.05, 0.1) is 11.9 Å². The molecular weight excluding hydrogens is 274 g/mol. The van der Waals surface area contributed by atoms with Crippen molar-refractivity contribution in [3.05, 3.63) is 11.9 Å². The van der Waals surface area contributed by atoms with Crippen LogP contribution in [0.5, 0.6) is 5.88 Å². The van der Waals surface area contributed by atoms with Crippen LogP contribution in [0.4, 0.5) is 10.6 Å². The molecule has 7 nitrogen and oxygen atoms in total. The first kappa shape index (κ1) is 15.2. The Morgan fingerprint density at radius 1 is 1.33 bits per heavy atom. The second kappa shape index (κ2) is 5.67. The molecule has 1 N–H and O–H groups in total. The number of esters is 1. The van der Waals surface area contributed by atoms with Crippen molar-refractivity contribution < 1.29 is 19.1 Å². The third-order valence-electron chi connectivity index (χ3n) is 2.61. The first-order valence-corrected chi connectivity index (χ1v) is 6.80. The fourth-order valence-electron chi connectivity index (χ4n) is 1.65. The predicted octanol–water partition coefficient (Wildman–Crippen LogP) is 2.63. The summed E-state index contributed by atoms with van der Waals surface area (Å²) in [5, 5.41) is 2.45. The zero-order chi connectivity index (χ0) is 15.6. The third-order valence-corrected chi connectivity index (χ3v) is 2.61. The van der Waals surface area contributed by atoms with Gasteiger partial charge in [-0.3, -0.25) is 10.1 Å². The van der Waals surface area contributed by atoms with Crippen molar-refractivity contribution in [1.29, 1.82) is 0 Å². The summed E-state index contributed by atoms with van der Waals surface area (Å²) in [7, 11) is 0. The zero-order valence-electron chi connectivity index (χ0n) is 12.6. The van der Waals surface area contributed by atoms with E-state index in [9.17, 15) is 9.59 Å². The number of nitrogens with zero attached hydrogens (tertiary/aromatic N) is 2. The van der Waals surface area contributed by atoms with Gasteiger partial charge in [-0.15, -0.1) is 0 Å². The monoisotopic (exact) mass is 293 g/mol. The van der Waals surface area contributed by atoms with Gasteiger partial charge in [0.25, 0.3) is 5.88 Å². The molecule has 21 heavy (non-hydrogen) atoms. The van der Waals surface area contributed by atoms with Crippen LogP contribution in [0, 0.1) is 0 Å². The Hall–Kier alpha value is -2.18. The molecule has 1 heterocycles. The molecule has 0 unspecified atom stereocenters. The molecule has 1 amide bonds. The maximum absolute atomic E-state index is 11.8. The third kappa shape index (κ3) is 4.70. The fraction of sp³-hybridized carbons (Fsp3) is 0.571. The van der Waals surface area contributed by atoms with E-state index in [2.05, 4.69) is 15.3 Å². The summed E-state index contributed by atoms with van der Waals surface area (Å²) in [4.78, 5) is 31.3. The lowest BCUT2D eigenvalue weighted by molar-refractivity contribution is -0.132. The first-order chi connectivity index (χ1) is 9.74. The van der Waals surface area contributed by atoms with Gasteiger partial charge in [-0.2, -0.15) is 0 Å². The highest BCUT2D eigenvalue weighted by Gasteiger charge is 2.27. The van der Waals surface area contributed by atoms with Gasteiger partial charge < -0.3 is 9.47 Å². The van der Waals surface area contributed by atoms with E-state index in [-0.39, 0.29) is 11.7 Å². The van der Waals surface area contributed by atoms with Crippen molar-refractivity contribution in [2.75, 3.05) is 5.32 Å². The number of rotatable bonds is 3. The summed E-state index contributed by atoms with van der Waals surface area (Å²) in [6.07, 6.45) is 3.00. The van der Waals surface area contributed by atoms with Gasteiger partial charge in [-0.1, -0.05) is 0 Å². The Balaban J connectivity index is 2.16. The quantitative estimate of drug-likeness (QED) is 0.861. The van der Waals surface area contributed by atoms with Gasteiger partial charge in [0.1, 0.15) is 5.60 Å². The van der Waals surface area contributed by atoms with Crippen LogP contribution < -0.4 is 10.1 Å². The minimum Gasteiger partial charge on any atom is -0.444 e. The molecule has 1 fully saturated rings. The SMILES string of the molecule is CC(=O)Oc1nc(C2CC2)cnc1NC(=O)OC(C)(C)C. The fourth-order valence-corrected chi connectivity index (χ4v) is 1.65. The number of anilines is 1. The van der Waals surface area contributed by atoms with Gasteiger partial charge in [-0.25, -0.2) is 14.8 Å². The Labute approximate surface area is 123 Å². The van der Waals surface area contributed by atoms with Crippen LogP contribution >= 0.6 is 0 Å². The van der Waals surface area contributed by atoms with Gasteiger partial charge in [0.15, 0.2) is 5.82 Å². The molecule has 2 rings (SSSR count). The first-order valence-electron chi connectivity index (χ1n) is 6.80. The molecule has 0 radical (unpaired) electrons. The average molecular weight is 293 g/mol. The molecule has 0 atom stereocenters. The second-order valence-electron chi connectivity index (χ2n) is 5.94. The number of nitrogens with one attached hydrogen (secondary N) is 1. The minimum atomic E-state index is -0.677. The standard InChI is InChI=1S/C14H19N3O4/c1-8(18)20-12-11(17-13(19)21-14(2,3)4)15-7-10(16-12)9-5-6-9/h7,9H,5-6H2,1-4H3,(H,15,17,19). The van der Waals surface area contributed by atoms with E-state index in [1.807, 2.05) is 0 Å². The summed E-state index contributed by atoms with van der Waals surface area (Å²) >= 11 is 0. The molecule has 1 aromatic rings. The summed E-state index contributed by atoms with van der Waals surface area (Å²) in [6, 6.07) is 0. The number of carbonyl (C=O) groups excluding carboxylic acids is 2. The van der Waals surface area contributed by atoms with E-state index in [1.54, 1.807) is 27.0 Å². The van der Waals surface area contributed by atoms with E-state index in [4.69, 9.17) is 9.47 Å². The molecular formula is C14H19N3O4. The molecule has 0 aliphatic heterocycles. The van der Waals surface area contributed by atoms with E-state index >= 15 is 0 Å². The normalized spacial score (nSPS) is 14.5. The van der Waals surface area contributed by atoms with Gasteiger partial charge in [0.2, 0.25) is 0 Å². The molecule has 0 spiro atoms. The van der Waals surface area contributed by atoms with Crippen LogP contribution in [0.2, 0.25) is 0 Å². The van der Waals surface area contributed by atoms with E-state index in [0.29, 0.717) is 5.92 Å². The molecule has 1 aliphatic rings. The maximum atomic E-state index is 11.8. The molecule has 1 aromatic heterocycles. The zero-order valence-corrected chi connectivity index (χ0v) is 12.6. The minimum absolute atomic E-state index is 0.00207. The molecule has 114 valence electrons. The van der Waals surface area contributed by atoms with Gasteiger partial charge in [-0.05, 0) is 33.6 Å². The lowest BCUT2D eigenvalue weighted by atomic mass is 10.2. The van der Waals surface area contributed by atoms with E-state index in [0.717, 1.165) is 18.5 Å². The van der Waals surface area contributed by atoms with Crippen LogP contribution in [0.25, 0.3) is 0 Å². The number of ether oxygens (including phenoxy) is 2.